The molecular formula is C15H15Br2NO2. The lowest BCUT2D eigenvalue weighted by Gasteiger charge is -2.17. The monoisotopic (exact) mass is 399 g/mol. The molecule has 20 heavy (non-hydrogen) atoms. The van der Waals surface area contributed by atoms with Crippen LogP contribution in [0.2, 0.25) is 0 Å². The van der Waals surface area contributed by atoms with Gasteiger partial charge in [0.05, 0.1) is 16.1 Å². The van der Waals surface area contributed by atoms with Crippen molar-refractivity contribution < 1.29 is 9.47 Å². The zero-order chi connectivity index (χ0) is 14.7. The van der Waals surface area contributed by atoms with Gasteiger partial charge < -0.3 is 15.2 Å². The number of halogens is 2. The molecule has 0 aromatic heterocycles. The molecule has 106 valence electrons. The molecule has 0 spiro atoms. The highest BCUT2D eigenvalue weighted by Gasteiger charge is 2.13. The molecule has 2 N–H and O–H groups in total. The Hall–Kier alpha value is -1.20. The summed E-state index contributed by atoms with van der Waals surface area (Å²) in [5.41, 5.74) is 7.55. The van der Waals surface area contributed by atoms with Gasteiger partial charge in [-0.05, 0) is 68.6 Å². The van der Waals surface area contributed by atoms with Crippen LogP contribution in [-0.4, -0.2) is 7.11 Å². The summed E-state index contributed by atoms with van der Waals surface area (Å²) in [5, 5.41) is 0. The maximum Gasteiger partial charge on any atom is 0.135 e. The van der Waals surface area contributed by atoms with Crippen molar-refractivity contribution in [2.45, 2.75) is 13.0 Å². The van der Waals surface area contributed by atoms with Crippen LogP contribution in [0, 0.1) is 0 Å². The smallest absolute Gasteiger partial charge is 0.135 e. The van der Waals surface area contributed by atoms with E-state index in [4.69, 9.17) is 15.2 Å². The van der Waals surface area contributed by atoms with Gasteiger partial charge in [0.1, 0.15) is 17.6 Å². The van der Waals surface area contributed by atoms with E-state index in [0.29, 0.717) is 0 Å². The first kappa shape index (κ1) is 15.2. The summed E-state index contributed by atoms with van der Waals surface area (Å²) in [6, 6.07) is 11.4. The Labute approximate surface area is 135 Å². The van der Waals surface area contributed by atoms with E-state index in [-0.39, 0.29) is 6.10 Å². The number of benzene rings is 2. The maximum atomic E-state index is 5.98. The topological polar surface area (TPSA) is 44.5 Å². The van der Waals surface area contributed by atoms with Crippen LogP contribution >= 0.6 is 31.9 Å². The van der Waals surface area contributed by atoms with Crippen LogP contribution in [0.25, 0.3) is 0 Å². The summed E-state index contributed by atoms with van der Waals surface area (Å²) >= 11 is 6.94. The van der Waals surface area contributed by atoms with E-state index < -0.39 is 0 Å². The van der Waals surface area contributed by atoms with Gasteiger partial charge in [-0.2, -0.15) is 0 Å². The molecule has 0 heterocycles. The molecule has 0 saturated carbocycles. The number of ether oxygens (including phenoxy) is 2. The van der Waals surface area contributed by atoms with Crippen LogP contribution in [-0.2, 0) is 0 Å². The minimum absolute atomic E-state index is 0.102. The average Bonchev–Trinajstić information content (AvgIpc) is 2.42. The first-order valence-corrected chi connectivity index (χ1v) is 7.65. The highest BCUT2D eigenvalue weighted by Crippen LogP contribution is 2.37. The molecule has 2 rings (SSSR count). The molecular weight excluding hydrogens is 386 g/mol. The molecule has 2 aromatic rings. The van der Waals surface area contributed by atoms with Gasteiger partial charge in [-0.1, -0.05) is 12.1 Å². The van der Waals surface area contributed by atoms with E-state index in [2.05, 4.69) is 31.9 Å². The van der Waals surface area contributed by atoms with Crippen molar-refractivity contribution in [1.29, 1.82) is 0 Å². The van der Waals surface area contributed by atoms with Gasteiger partial charge in [0.25, 0.3) is 0 Å². The van der Waals surface area contributed by atoms with E-state index >= 15 is 0 Å². The van der Waals surface area contributed by atoms with Crippen molar-refractivity contribution in [2.75, 3.05) is 12.8 Å². The van der Waals surface area contributed by atoms with Gasteiger partial charge in [0.15, 0.2) is 0 Å². The third kappa shape index (κ3) is 3.46. The fourth-order valence-electron chi connectivity index (χ4n) is 1.83. The maximum absolute atomic E-state index is 5.98. The van der Waals surface area contributed by atoms with Crippen LogP contribution in [0.3, 0.4) is 0 Å². The number of anilines is 1. The third-order valence-electron chi connectivity index (χ3n) is 2.89. The van der Waals surface area contributed by atoms with Crippen molar-refractivity contribution in [1.82, 2.24) is 0 Å². The minimum atomic E-state index is -0.102. The van der Waals surface area contributed by atoms with Gasteiger partial charge in [0, 0.05) is 5.69 Å². The molecule has 0 aliphatic heterocycles. The molecule has 5 heteroatoms. The van der Waals surface area contributed by atoms with Gasteiger partial charge in [-0.15, -0.1) is 0 Å². The first-order valence-electron chi connectivity index (χ1n) is 6.06. The Balaban J connectivity index is 2.23. The fraction of sp³-hybridized carbons (Fsp3) is 0.200. The molecule has 0 fully saturated rings. The quantitative estimate of drug-likeness (QED) is 0.739. The number of methoxy groups -OCH3 is 1. The van der Waals surface area contributed by atoms with E-state index in [1.165, 1.54) is 0 Å². The van der Waals surface area contributed by atoms with Crippen molar-refractivity contribution in [2.24, 2.45) is 0 Å². The second-order valence-electron chi connectivity index (χ2n) is 4.35. The van der Waals surface area contributed by atoms with Crippen molar-refractivity contribution in [3.8, 4) is 11.5 Å². The molecule has 0 amide bonds. The molecule has 2 aromatic carbocycles. The van der Waals surface area contributed by atoms with Gasteiger partial charge in [-0.25, -0.2) is 0 Å². The number of nitrogen functional groups attached to an aromatic ring is 1. The molecule has 0 aliphatic rings. The van der Waals surface area contributed by atoms with E-state index in [1.807, 2.05) is 43.3 Å². The number of nitrogens with two attached hydrogens (primary N) is 1. The minimum Gasteiger partial charge on any atom is -0.496 e. The Morgan fingerprint density at radius 2 is 1.70 bits per heavy atom. The molecule has 0 saturated heterocycles. The summed E-state index contributed by atoms with van der Waals surface area (Å²) in [6.45, 7) is 1.99. The number of hydrogen-bond acceptors (Lipinski definition) is 3. The Bertz CT molecular complexity index is 617. The van der Waals surface area contributed by atoms with Gasteiger partial charge in [0.2, 0.25) is 0 Å². The summed E-state index contributed by atoms with van der Waals surface area (Å²) in [5.74, 6) is 1.49. The highest BCUT2D eigenvalue weighted by molar-refractivity contribution is 9.11. The average molecular weight is 401 g/mol. The molecule has 3 nitrogen and oxygen atoms in total. The standard InChI is InChI=1S/C15H15Br2NO2/c1-9(10-4-3-5-11(18)6-10)20-15-8-12(16)14(19-2)7-13(15)17/h3-9H,18H2,1-2H3. The summed E-state index contributed by atoms with van der Waals surface area (Å²) in [6.07, 6.45) is -0.102. The van der Waals surface area contributed by atoms with E-state index in [1.54, 1.807) is 7.11 Å². The first-order chi connectivity index (χ1) is 9.51. The van der Waals surface area contributed by atoms with Crippen LogP contribution < -0.4 is 15.2 Å². The zero-order valence-electron chi connectivity index (χ0n) is 11.2. The molecule has 0 bridgehead atoms. The van der Waals surface area contributed by atoms with Gasteiger partial charge in [-0.3, -0.25) is 0 Å². The number of rotatable bonds is 4. The second kappa shape index (κ2) is 6.50. The lowest BCUT2D eigenvalue weighted by molar-refractivity contribution is 0.225. The van der Waals surface area contributed by atoms with Crippen LogP contribution in [0.4, 0.5) is 5.69 Å². The lowest BCUT2D eigenvalue weighted by atomic mass is 10.1. The summed E-state index contributed by atoms with van der Waals surface area (Å²) in [4.78, 5) is 0. The van der Waals surface area contributed by atoms with E-state index in [9.17, 15) is 0 Å². The van der Waals surface area contributed by atoms with E-state index in [0.717, 1.165) is 31.7 Å². The van der Waals surface area contributed by atoms with Crippen molar-refractivity contribution in [3.63, 3.8) is 0 Å². The zero-order valence-corrected chi connectivity index (χ0v) is 14.4. The Morgan fingerprint density at radius 3 is 2.35 bits per heavy atom. The Morgan fingerprint density at radius 1 is 1.05 bits per heavy atom. The van der Waals surface area contributed by atoms with Gasteiger partial charge >= 0.3 is 0 Å². The second-order valence-corrected chi connectivity index (χ2v) is 6.06. The predicted molar refractivity (Wildman–Crippen MR) is 88.3 cm³/mol. The summed E-state index contributed by atoms with van der Waals surface area (Å²) < 4.78 is 12.9. The van der Waals surface area contributed by atoms with Crippen LogP contribution in [0.5, 0.6) is 11.5 Å². The van der Waals surface area contributed by atoms with Crippen molar-refractivity contribution >= 4 is 37.5 Å². The third-order valence-corrected chi connectivity index (χ3v) is 4.13. The molecule has 0 aliphatic carbocycles. The molecule has 0 radical (unpaired) electrons. The largest absolute Gasteiger partial charge is 0.496 e. The summed E-state index contributed by atoms with van der Waals surface area (Å²) in [7, 11) is 1.63. The predicted octanol–water partition coefficient (Wildman–Crippen LogP) is 4.94. The Kier molecular flexibility index (Phi) is 4.94. The van der Waals surface area contributed by atoms with Crippen LogP contribution in [0.15, 0.2) is 45.3 Å². The fourth-order valence-corrected chi connectivity index (χ4v) is 2.73. The van der Waals surface area contributed by atoms with Crippen LogP contribution in [0.1, 0.15) is 18.6 Å². The molecule has 1 atom stereocenters. The molecule has 1 unspecified atom stereocenters. The normalized spacial score (nSPS) is 12.0. The highest BCUT2D eigenvalue weighted by atomic mass is 79.9. The lowest BCUT2D eigenvalue weighted by Crippen LogP contribution is -2.04. The van der Waals surface area contributed by atoms with Crippen molar-refractivity contribution in [3.05, 3.63) is 50.9 Å². The number of hydrogen-bond donors (Lipinski definition) is 1. The SMILES string of the molecule is COc1cc(Br)c(OC(C)c2cccc(N)c2)cc1Br.